The maximum Gasteiger partial charge on any atom is 0.235 e. The van der Waals surface area contributed by atoms with Crippen LogP contribution in [0.1, 0.15) is 34.3 Å². The Morgan fingerprint density at radius 3 is 2.50 bits per heavy atom. The quantitative estimate of drug-likeness (QED) is 0.433. The van der Waals surface area contributed by atoms with E-state index in [1.165, 1.54) is 6.07 Å². The second-order valence-corrected chi connectivity index (χ2v) is 11.6. The lowest BCUT2D eigenvalue weighted by atomic mass is 9.53. The number of Topliss-reactive ketones (excluding diaryl/α,β-unsaturated/α-hetero) is 4. The summed E-state index contributed by atoms with van der Waals surface area (Å²) in [6, 6.07) is 8.92. The van der Waals surface area contributed by atoms with E-state index in [-0.39, 0.29) is 30.6 Å². The molecular formula is C31H32N2O9. The molecular weight excluding hydrogens is 544 g/mol. The molecule has 220 valence electrons. The number of ketones is 4. The number of methoxy groups -OCH3 is 1. The number of rotatable bonds is 5. The molecule has 11 heteroatoms. The van der Waals surface area contributed by atoms with Gasteiger partial charge in [0, 0.05) is 37.5 Å². The molecule has 1 amide bonds. The summed E-state index contributed by atoms with van der Waals surface area (Å²) in [5.74, 6) is -9.80. The summed E-state index contributed by atoms with van der Waals surface area (Å²) in [7, 11) is 1.55. The standard InChI is InChI=1S/C31H32N2O9/c1-41-23-5-2-15(14-33-6-8-42-9-7-33)10-19(23)18-3-4-21(34)25-20(18)12-16-11-17-13-22(35)26(30(32)39)29(38)31(17,40)28(37)24(16)27(25)36/h2-5,10,16-17,24,26,34,40H,6-9,11-14H2,1H3,(H2,32,39)/t16-,17+,24?,26?,31+/m1/s1. The average molecular weight is 577 g/mol. The lowest BCUT2D eigenvalue weighted by Gasteiger charge is -2.48. The van der Waals surface area contributed by atoms with Crippen molar-refractivity contribution in [1.82, 2.24) is 4.90 Å². The molecule has 2 aromatic rings. The van der Waals surface area contributed by atoms with E-state index >= 15 is 0 Å². The normalized spacial score (nSPS) is 29.5. The van der Waals surface area contributed by atoms with Gasteiger partial charge in [-0.15, -0.1) is 0 Å². The molecule has 6 rings (SSSR count). The molecule has 0 spiro atoms. The van der Waals surface area contributed by atoms with E-state index in [1.54, 1.807) is 13.2 Å². The van der Waals surface area contributed by atoms with Gasteiger partial charge < -0.3 is 25.4 Å². The van der Waals surface area contributed by atoms with Gasteiger partial charge in [0.25, 0.3) is 0 Å². The number of phenolic OH excluding ortho intramolecular Hbond substituents is 1. The molecule has 42 heavy (non-hydrogen) atoms. The Morgan fingerprint density at radius 2 is 1.81 bits per heavy atom. The van der Waals surface area contributed by atoms with Crippen molar-refractivity contribution in [2.24, 2.45) is 29.4 Å². The Hall–Kier alpha value is -3.93. The molecule has 5 atom stereocenters. The van der Waals surface area contributed by atoms with Crippen molar-refractivity contribution in [2.75, 3.05) is 33.4 Å². The summed E-state index contributed by atoms with van der Waals surface area (Å²) in [4.78, 5) is 67.6. The van der Waals surface area contributed by atoms with E-state index in [0.29, 0.717) is 36.6 Å². The zero-order valence-corrected chi connectivity index (χ0v) is 23.1. The molecule has 2 unspecified atom stereocenters. The second-order valence-electron chi connectivity index (χ2n) is 11.6. The number of aliphatic hydroxyl groups is 1. The average Bonchev–Trinajstić information content (AvgIpc) is 2.95. The Bertz CT molecular complexity index is 1530. The largest absolute Gasteiger partial charge is 0.507 e. The number of amides is 1. The fraction of sp³-hybridized carbons (Fsp3) is 0.452. The molecule has 0 bridgehead atoms. The molecule has 0 radical (unpaired) electrons. The van der Waals surface area contributed by atoms with Gasteiger partial charge in [-0.2, -0.15) is 0 Å². The number of carbonyl (C=O) groups is 5. The van der Waals surface area contributed by atoms with Gasteiger partial charge >= 0.3 is 0 Å². The molecule has 2 aromatic carbocycles. The van der Waals surface area contributed by atoms with E-state index in [4.69, 9.17) is 15.2 Å². The van der Waals surface area contributed by atoms with Gasteiger partial charge in [0.2, 0.25) is 5.91 Å². The summed E-state index contributed by atoms with van der Waals surface area (Å²) in [6.45, 7) is 3.62. The van der Waals surface area contributed by atoms with Crippen molar-refractivity contribution >= 4 is 29.0 Å². The number of hydrogen-bond acceptors (Lipinski definition) is 10. The molecule has 1 saturated heterocycles. The summed E-state index contributed by atoms with van der Waals surface area (Å²) in [6.07, 6.45) is -0.160. The van der Waals surface area contributed by atoms with Crippen LogP contribution in [0.25, 0.3) is 11.1 Å². The fourth-order valence-corrected chi connectivity index (χ4v) is 7.30. The number of hydrogen-bond donors (Lipinski definition) is 3. The number of nitrogens with zero attached hydrogens (tertiary/aromatic N) is 1. The molecule has 11 nitrogen and oxygen atoms in total. The minimum Gasteiger partial charge on any atom is -0.507 e. The highest BCUT2D eigenvalue weighted by molar-refractivity contribution is 6.31. The SMILES string of the molecule is COc1ccc(CN2CCOCC2)cc1-c1ccc(O)c2c1C[C@H]1C[C@H]3CC(=O)C(C(N)=O)C(=O)[C@@]3(O)C(=O)C1C2=O. The van der Waals surface area contributed by atoms with Crippen LogP contribution in [0.3, 0.4) is 0 Å². The third-order valence-corrected chi connectivity index (χ3v) is 9.35. The number of morpholine rings is 1. The number of phenols is 1. The van der Waals surface area contributed by atoms with E-state index in [0.717, 1.165) is 24.2 Å². The molecule has 4 aliphatic rings. The zero-order chi connectivity index (χ0) is 29.9. The van der Waals surface area contributed by atoms with Gasteiger partial charge in [-0.1, -0.05) is 12.1 Å². The van der Waals surface area contributed by atoms with Crippen LogP contribution in [0, 0.1) is 23.7 Å². The maximum absolute atomic E-state index is 13.9. The van der Waals surface area contributed by atoms with Crippen LogP contribution in [0.15, 0.2) is 30.3 Å². The van der Waals surface area contributed by atoms with Crippen molar-refractivity contribution in [3.8, 4) is 22.6 Å². The van der Waals surface area contributed by atoms with Gasteiger partial charge in [0.05, 0.1) is 31.8 Å². The van der Waals surface area contributed by atoms with Crippen LogP contribution in [0.4, 0.5) is 0 Å². The zero-order valence-electron chi connectivity index (χ0n) is 23.1. The van der Waals surface area contributed by atoms with E-state index < -0.39 is 58.3 Å². The number of fused-ring (bicyclic) bond motifs is 3. The Labute approximate surface area is 241 Å². The molecule has 2 saturated carbocycles. The minimum atomic E-state index is -2.67. The van der Waals surface area contributed by atoms with Crippen molar-refractivity contribution in [3.63, 3.8) is 0 Å². The van der Waals surface area contributed by atoms with Crippen molar-refractivity contribution in [3.05, 3.63) is 47.0 Å². The van der Waals surface area contributed by atoms with Gasteiger partial charge in [-0.3, -0.25) is 28.9 Å². The van der Waals surface area contributed by atoms with Gasteiger partial charge in [-0.05, 0) is 53.6 Å². The second kappa shape index (κ2) is 10.4. The third kappa shape index (κ3) is 4.26. The van der Waals surface area contributed by atoms with E-state index in [2.05, 4.69) is 4.90 Å². The number of carbonyl (C=O) groups excluding carboxylic acids is 5. The Morgan fingerprint density at radius 1 is 1.07 bits per heavy atom. The van der Waals surface area contributed by atoms with Gasteiger partial charge in [0.15, 0.2) is 34.7 Å². The number of benzene rings is 2. The molecule has 1 heterocycles. The summed E-state index contributed by atoms with van der Waals surface area (Å²) < 4.78 is 11.1. The van der Waals surface area contributed by atoms with Crippen LogP contribution < -0.4 is 10.5 Å². The first-order valence-electron chi connectivity index (χ1n) is 14.1. The van der Waals surface area contributed by atoms with Crippen molar-refractivity contribution < 1.29 is 43.7 Å². The summed E-state index contributed by atoms with van der Waals surface area (Å²) >= 11 is 0. The monoisotopic (exact) mass is 576 g/mol. The van der Waals surface area contributed by atoms with Crippen molar-refractivity contribution in [2.45, 2.75) is 31.4 Å². The highest BCUT2D eigenvalue weighted by atomic mass is 16.5. The number of aromatic hydroxyl groups is 1. The van der Waals surface area contributed by atoms with Crippen molar-refractivity contribution in [1.29, 1.82) is 0 Å². The smallest absolute Gasteiger partial charge is 0.235 e. The summed E-state index contributed by atoms with van der Waals surface area (Å²) in [5, 5.41) is 22.3. The van der Waals surface area contributed by atoms with Crippen LogP contribution in [0.5, 0.6) is 11.5 Å². The molecule has 3 aliphatic carbocycles. The fourth-order valence-electron chi connectivity index (χ4n) is 7.30. The van der Waals surface area contributed by atoms with E-state index in [9.17, 15) is 34.2 Å². The number of ether oxygens (including phenoxy) is 2. The first-order chi connectivity index (χ1) is 20.1. The molecule has 3 fully saturated rings. The van der Waals surface area contributed by atoms with Gasteiger partial charge in [0.1, 0.15) is 11.5 Å². The Balaban J connectivity index is 1.41. The van der Waals surface area contributed by atoms with Crippen LogP contribution in [-0.4, -0.2) is 83.2 Å². The third-order valence-electron chi connectivity index (χ3n) is 9.35. The Kier molecular flexibility index (Phi) is 6.99. The minimum absolute atomic E-state index is 0.0321. The number of nitrogens with two attached hydrogens (primary N) is 1. The first kappa shape index (κ1) is 28.2. The molecule has 0 aromatic heterocycles. The predicted octanol–water partition coefficient (Wildman–Crippen LogP) is 0.835. The molecule has 4 N–H and O–H groups in total. The number of primary amides is 1. The highest BCUT2D eigenvalue weighted by Crippen LogP contribution is 2.51. The lowest BCUT2D eigenvalue weighted by Crippen LogP contribution is -2.68. The predicted molar refractivity (Wildman–Crippen MR) is 147 cm³/mol. The van der Waals surface area contributed by atoms with Crippen LogP contribution in [0.2, 0.25) is 0 Å². The maximum atomic E-state index is 13.9. The summed E-state index contributed by atoms with van der Waals surface area (Å²) in [5.41, 5.74) is 5.47. The molecule has 1 aliphatic heterocycles. The first-order valence-corrected chi connectivity index (χ1v) is 14.1. The van der Waals surface area contributed by atoms with Crippen LogP contribution in [-0.2, 0) is 36.9 Å². The van der Waals surface area contributed by atoms with Gasteiger partial charge in [-0.25, -0.2) is 0 Å². The lowest BCUT2D eigenvalue weighted by molar-refractivity contribution is -0.175. The van der Waals surface area contributed by atoms with E-state index in [1.807, 2.05) is 18.2 Å². The topological polar surface area (TPSA) is 174 Å². The van der Waals surface area contributed by atoms with Crippen LogP contribution >= 0.6 is 0 Å². The highest BCUT2D eigenvalue weighted by Gasteiger charge is 2.66.